The number of nitrogens with one attached hydrogen (secondary N) is 1. The number of hydrogen-bond acceptors (Lipinski definition) is 7. The van der Waals surface area contributed by atoms with Crippen molar-refractivity contribution in [3.05, 3.63) is 11.9 Å². The lowest BCUT2D eigenvalue weighted by Gasteiger charge is -2.16. The van der Waals surface area contributed by atoms with E-state index in [4.69, 9.17) is 9.47 Å². The molecule has 1 N–H and O–H groups in total. The van der Waals surface area contributed by atoms with Crippen LogP contribution in [0.4, 0.5) is 0 Å². The molecule has 1 aromatic rings. The number of hydrogen-bond donors (Lipinski definition) is 1. The van der Waals surface area contributed by atoms with Gasteiger partial charge in [-0.15, -0.1) is 5.10 Å². The number of fused-ring (bicyclic) bond motifs is 1. The minimum absolute atomic E-state index is 0.120. The first-order chi connectivity index (χ1) is 10.1. The number of aromatic nitrogens is 3. The van der Waals surface area contributed by atoms with Gasteiger partial charge in [-0.2, -0.15) is 0 Å². The Hall–Kier alpha value is -2.00. The third kappa shape index (κ3) is 2.49. The summed E-state index contributed by atoms with van der Waals surface area (Å²) in [5, 5.41) is 10.5. The Labute approximate surface area is 120 Å². The van der Waals surface area contributed by atoms with Crippen molar-refractivity contribution in [2.45, 2.75) is 31.2 Å². The molecule has 1 amide bonds. The quantitative estimate of drug-likeness (QED) is 0.706. The summed E-state index contributed by atoms with van der Waals surface area (Å²) in [6.07, 6.45) is 1.07. The molecule has 0 unspecified atom stereocenters. The van der Waals surface area contributed by atoms with E-state index in [-0.39, 0.29) is 35.9 Å². The van der Waals surface area contributed by atoms with Gasteiger partial charge in [0.15, 0.2) is 5.69 Å². The molecule has 0 aliphatic carbocycles. The Morgan fingerprint density at radius 3 is 2.86 bits per heavy atom. The molecule has 0 bridgehead atoms. The van der Waals surface area contributed by atoms with Gasteiger partial charge in [0.2, 0.25) is 5.91 Å². The van der Waals surface area contributed by atoms with Crippen LogP contribution in [-0.4, -0.2) is 65.4 Å². The fourth-order valence-electron chi connectivity index (χ4n) is 2.73. The second-order valence-electron chi connectivity index (χ2n) is 5.05. The third-order valence-electron chi connectivity index (χ3n) is 3.66. The molecule has 4 atom stereocenters. The van der Waals surface area contributed by atoms with E-state index in [2.05, 4.69) is 20.4 Å². The largest absolute Gasteiger partial charge is 0.464 e. The van der Waals surface area contributed by atoms with E-state index < -0.39 is 5.97 Å². The average Bonchev–Trinajstić information content (AvgIpc) is 3.14. The highest BCUT2D eigenvalue weighted by atomic mass is 16.6. The van der Waals surface area contributed by atoms with Crippen molar-refractivity contribution in [2.24, 2.45) is 0 Å². The van der Waals surface area contributed by atoms with Crippen LogP contribution in [0.1, 0.15) is 23.5 Å². The molecular formula is C12H16N4O5. The molecule has 0 spiro atoms. The molecule has 3 heterocycles. The summed E-state index contributed by atoms with van der Waals surface area (Å²) in [5.41, 5.74) is 0.136. The van der Waals surface area contributed by atoms with Gasteiger partial charge in [0.05, 0.1) is 32.6 Å². The molecular weight excluding hydrogens is 280 g/mol. The van der Waals surface area contributed by atoms with Gasteiger partial charge in [-0.05, 0) is 0 Å². The summed E-state index contributed by atoms with van der Waals surface area (Å²) >= 11 is 0. The van der Waals surface area contributed by atoms with Crippen molar-refractivity contribution < 1.29 is 23.8 Å². The van der Waals surface area contributed by atoms with Gasteiger partial charge in [-0.1, -0.05) is 5.21 Å². The maximum absolute atomic E-state index is 11.4. The molecule has 21 heavy (non-hydrogen) atoms. The summed E-state index contributed by atoms with van der Waals surface area (Å²) in [7, 11) is 1.29. The molecule has 2 saturated heterocycles. The van der Waals surface area contributed by atoms with Gasteiger partial charge in [-0.3, -0.25) is 4.79 Å². The van der Waals surface area contributed by atoms with Crippen LogP contribution in [0.25, 0.3) is 0 Å². The maximum atomic E-state index is 11.4. The molecule has 9 heteroatoms. The van der Waals surface area contributed by atoms with E-state index in [1.807, 2.05) is 0 Å². The number of carbonyl (C=O) groups is 2. The third-order valence-corrected chi connectivity index (χ3v) is 3.66. The van der Waals surface area contributed by atoms with Crippen LogP contribution >= 0.6 is 0 Å². The number of ether oxygens (including phenoxy) is 3. The maximum Gasteiger partial charge on any atom is 0.360 e. The topological polar surface area (TPSA) is 105 Å². The van der Waals surface area contributed by atoms with Gasteiger partial charge < -0.3 is 19.5 Å². The number of nitrogens with zero attached hydrogens (tertiary/aromatic N) is 3. The van der Waals surface area contributed by atoms with Crippen molar-refractivity contribution in [2.75, 3.05) is 20.3 Å². The smallest absolute Gasteiger partial charge is 0.360 e. The fourth-order valence-corrected chi connectivity index (χ4v) is 2.73. The second-order valence-corrected chi connectivity index (χ2v) is 5.05. The first kappa shape index (κ1) is 14.0. The molecule has 114 valence electrons. The van der Waals surface area contributed by atoms with Crippen LogP contribution in [0, 0.1) is 0 Å². The van der Waals surface area contributed by atoms with Crippen molar-refractivity contribution in [1.82, 2.24) is 20.3 Å². The Morgan fingerprint density at radius 2 is 2.14 bits per heavy atom. The molecule has 2 aliphatic heterocycles. The second kappa shape index (κ2) is 5.41. The minimum Gasteiger partial charge on any atom is -0.464 e. The van der Waals surface area contributed by atoms with E-state index in [1.165, 1.54) is 20.2 Å². The van der Waals surface area contributed by atoms with Crippen molar-refractivity contribution in [1.29, 1.82) is 0 Å². The SMILES string of the molecule is COC(=O)c1cn([C@H]2CO[C@H]3[C@H]2OC[C@H]3NC(C)=O)nn1. The van der Waals surface area contributed by atoms with Gasteiger partial charge in [-0.25, -0.2) is 9.48 Å². The van der Waals surface area contributed by atoms with Gasteiger partial charge in [0, 0.05) is 6.92 Å². The first-order valence-corrected chi connectivity index (χ1v) is 6.60. The molecule has 9 nitrogen and oxygen atoms in total. The molecule has 0 saturated carbocycles. The predicted molar refractivity (Wildman–Crippen MR) is 67.5 cm³/mol. The zero-order valence-electron chi connectivity index (χ0n) is 11.7. The highest BCUT2D eigenvalue weighted by Gasteiger charge is 2.49. The van der Waals surface area contributed by atoms with Crippen molar-refractivity contribution in [3.63, 3.8) is 0 Å². The van der Waals surface area contributed by atoms with Crippen LogP contribution in [0.5, 0.6) is 0 Å². The summed E-state index contributed by atoms with van der Waals surface area (Å²) in [6, 6.07) is -0.347. The van der Waals surface area contributed by atoms with E-state index in [0.29, 0.717) is 13.2 Å². The molecule has 0 radical (unpaired) electrons. The lowest BCUT2D eigenvalue weighted by molar-refractivity contribution is -0.120. The first-order valence-electron chi connectivity index (χ1n) is 6.60. The van der Waals surface area contributed by atoms with Crippen LogP contribution in [0.15, 0.2) is 6.20 Å². The standard InChI is InChI=1S/C12H16N4O5/c1-6(17)13-8-4-20-11-9(5-21-10(8)11)16-3-7(14-15-16)12(18)19-2/h3,8-11H,4-5H2,1-2H3,(H,13,17)/t8-,9+,10-,11+/m1/s1. The zero-order chi connectivity index (χ0) is 15.0. The van der Waals surface area contributed by atoms with E-state index in [9.17, 15) is 9.59 Å². The van der Waals surface area contributed by atoms with Crippen LogP contribution in [-0.2, 0) is 19.0 Å². The van der Waals surface area contributed by atoms with E-state index >= 15 is 0 Å². The molecule has 1 aromatic heterocycles. The highest BCUT2D eigenvalue weighted by Crippen LogP contribution is 2.33. The Balaban J connectivity index is 1.72. The van der Waals surface area contributed by atoms with Crippen LogP contribution in [0.3, 0.4) is 0 Å². The molecule has 2 fully saturated rings. The fraction of sp³-hybridized carbons (Fsp3) is 0.667. The van der Waals surface area contributed by atoms with Crippen molar-refractivity contribution >= 4 is 11.9 Å². The Morgan fingerprint density at radius 1 is 1.38 bits per heavy atom. The van der Waals surface area contributed by atoms with Crippen molar-refractivity contribution in [3.8, 4) is 0 Å². The minimum atomic E-state index is -0.542. The van der Waals surface area contributed by atoms with Gasteiger partial charge in [0.25, 0.3) is 0 Å². The monoisotopic (exact) mass is 296 g/mol. The average molecular weight is 296 g/mol. The zero-order valence-corrected chi connectivity index (χ0v) is 11.7. The number of esters is 1. The van der Waals surface area contributed by atoms with Crippen LogP contribution < -0.4 is 5.32 Å². The summed E-state index contributed by atoms with van der Waals surface area (Å²) in [4.78, 5) is 22.5. The number of amides is 1. The van der Waals surface area contributed by atoms with Gasteiger partial charge >= 0.3 is 5.97 Å². The Bertz CT molecular complexity index is 560. The normalized spacial score (nSPS) is 31.0. The highest BCUT2D eigenvalue weighted by molar-refractivity contribution is 5.86. The summed E-state index contributed by atoms with van der Waals surface area (Å²) in [6.45, 7) is 2.24. The predicted octanol–water partition coefficient (Wildman–Crippen LogP) is -1.09. The van der Waals surface area contributed by atoms with Gasteiger partial charge in [0.1, 0.15) is 18.2 Å². The lowest BCUT2D eigenvalue weighted by Crippen LogP contribution is -2.43. The van der Waals surface area contributed by atoms with E-state index in [0.717, 1.165) is 0 Å². The van der Waals surface area contributed by atoms with Crippen LogP contribution in [0.2, 0.25) is 0 Å². The molecule has 0 aromatic carbocycles. The Kier molecular flexibility index (Phi) is 3.60. The molecule has 2 aliphatic rings. The summed E-state index contributed by atoms with van der Waals surface area (Å²) in [5.74, 6) is -0.662. The lowest BCUT2D eigenvalue weighted by atomic mass is 10.1. The number of carbonyl (C=O) groups excluding carboxylic acids is 2. The van der Waals surface area contributed by atoms with E-state index in [1.54, 1.807) is 4.68 Å². The number of methoxy groups -OCH3 is 1. The summed E-state index contributed by atoms with van der Waals surface area (Å²) < 4.78 is 17.6. The number of rotatable bonds is 3. The molecule has 3 rings (SSSR count).